The van der Waals surface area contributed by atoms with E-state index in [-0.39, 0.29) is 23.4 Å². The number of aliphatic hydroxyl groups is 1. The second-order valence-corrected chi connectivity index (χ2v) is 3.63. The average molecular weight is 234 g/mol. The third-order valence-corrected chi connectivity index (χ3v) is 2.49. The maximum atomic E-state index is 13.4. The molecule has 0 bridgehead atoms. The van der Waals surface area contributed by atoms with Gasteiger partial charge >= 0.3 is 0 Å². The molecule has 0 spiro atoms. The van der Waals surface area contributed by atoms with Gasteiger partial charge in [-0.15, -0.1) is 0 Å². The van der Waals surface area contributed by atoms with E-state index in [0.717, 1.165) is 0 Å². The number of aliphatic hydroxyl groups excluding tert-OH is 1. The summed E-state index contributed by atoms with van der Waals surface area (Å²) in [4.78, 5) is 15.7. The van der Waals surface area contributed by atoms with E-state index >= 15 is 0 Å². The molecule has 0 aliphatic rings. The van der Waals surface area contributed by atoms with Crippen LogP contribution in [-0.2, 0) is 6.61 Å². The van der Waals surface area contributed by atoms with E-state index in [9.17, 15) is 9.18 Å². The minimum Gasteiger partial charge on any atom is -0.391 e. The van der Waals surface area contributed by atoms with Crippen LogP contribution in [0.5, 0.6) is 0 Å². The zero-order valence-corrected chi connectivity index (χ0v) is 9.22. The molecule has 0 amide bonds. The molecular weight excluding hydrogens is 223 g/mol. The average Bonchev–Trinajstić information content (AvgIpc) is 2.33. The number of halogens is 1. The Morgan fingerprint density at radius 3 is 2.94 bits per heavy atom. The van der Waals surface area contributed by atoms with Crippen LogP contribution in [0, 0.1) is 12.7 Å². The Morgan fingerprint density at radius 2 is 2.29 bits per heavy atom. The highest BCUT2D eigenvalue weighted by Gasteiger charge is 2.06. The van der Waals surface area contributed by atoms with Gasteiger partial charge < -0.3 is 5.11 Å². The van der Waals surface area contributed by atoms with E-state index in [2.05, 4.69) is 4.98 Å². The normalized spacial score (nSPS) is 10.5. The maximum absolute atomic E-state index is 13.4. The van der Waals surface area contributed by atoms with Gasteiger partial charge in [-0.2, -0.15) is 0 Å². The molecule has 5 heteroatoms. The van der Waals surface area contributed by atoms with Crippen molar-refractivity contribution in [3.8, 4) is 5.69 Å². The van der Waals surface area contributed by atoms with Gasteiger partial charge in [-0.3, -0.25) is 14.3 Å². The van der Waals surface area contributed by atoms with Crippen molar-refractivity contribution in [1.82, 2.24) is 9.55 Å². The lowest BCUT2D eigenvalue weighted by Crippen LogP contribution is -2.21. The van der Waals surface area contributed by atoms with E-state index < -0.39 is 5.82 Å². The predicted molar refractivity (Wildman–Crippen MR) is 60.5 cm³/mol. The smallest absolute Gasteiger partial charge is 0.260 e. The summed E-state index contributed by atoms with van der Waals surface area (Å²) in [6.07, 6.45) is 2.92. The lowest BCUT2D eigenvalue weighted by Gasteiger charge is -2.07. The molecule has 4 nitrogen and oxygen atoms in total. The van der Waals surface area contributed by atoms with Gasteiger partial charge in [0.15, 0.2) is 0 Å². The zero-order valence-electron chi connectivity index (χ0n) is 9.22. The SMILES string of the molecule is Cc1ncc(-n2cccc(CO)c2=O)cc1F. The van der Waals surface area contributed by atoms with Gasteiger partial charge in [0.1, 0.15) is 5.82 Å². The molecule has 2 aromatic heterocycles. The summed E-state index contributed by atoms with van der Waals surface area (Å²) >= 11 is 0. The van der Waals surface area contributed by atoms with E-state index in [1.807, 2.05) is 0 Å². The quantitative estimate of drug-likeness (QED) is 0.848. The van der Waals surface area contributed by atoms with Crippen LogP contribution in [0.4, 0.5) is 4.39 Å². The number of aromatic nitrogens is 2. The fourth-order valence-corrected chi connectivity index (χ4v) is 1.49. The van der Waals surface area contributed by atoms with Gasteiger partial charge in [0.2, 0.25) is 0 Å². The first-order valence-electron chi connectivity index (χ1n) is 5.07. The van der Waals surface area contributed by atoms with E-state index in [1.54, 1.807) is 13.0 Å². The summed E-state index contributed by atoms with van der Waals surface area (Å²) in [5, 5.41) is 8.99. The molecule has 1 N–H and O–H groups in total. The molecule has 0 atom stereocenters. The van der Waals surface area contributed by atoms with Crippen LogP contribution in [0.3, 0.4) is 0 Å². The summed E-state index contributed by atoms with van der Waals surface area (Å²) in [7, 11) is 0. The highest BCUT2D eigenvalue weighted by molar-refractivity contribution is 5.32. The summed E-state index contributed by atoms with van der Waals surface area (Å²) in [5.74, 6) is -0.469. The Labute approximate surface area is 97.0 Å². The van der Waals surface area contributed by atoms with Crippen molar-refractivity contribution in [2.75, 3.05) is 0 Å². The van der Waals surface area contributed by atoms with Crippen molar-refractivity contribution in [2.45, 2.75) is 13.5 Å². The Balaban J connectivity index is 2.61. The minimum atomic E-state index is -0.469. The largest absolute Gasteiger partial charge is 0.391 e. The highest BCUT2D eigenvalue weighted by atomic mass is 19.1. The molecule has 2 heterocycles. The van der Waals surface area contributed by atoms with Gasteiger partial charge in [0, 0.05) is 17.8 Å². The van der Waals surface area contributed by atoms with Crippen LogP contribution < -0.4 is 5.56 Å². The van der Waals surface area contributed by atoms with Crippen molar-refractivity contribution in [1.29, 1.82) is 0 Å². The third-order valence-electron chi connectivity index (χ3n) is 2.49. The van der Waals surface area contributed by atoms with E-state index in [1.165, 1.54) is 29.1 Å². The standard InChI is InChI=1S/C12H11FN2O2/c1-8-11(13)5-10(6-14-8)15-4-2-3-9(7-16)12(15)17/h2-6,16H,7H2,1H3. The molecule has 0 aliphatic carbocycles. The van der Waals surface area contributed by atoms with Crippen LogP contribution in [0.2, 0.25) is 0 Å². The van der Waals surface area contributed by atoms with Crippen LogP contribution >= 0.6 is 0 Å². The van der Waals surface area contributed by atoms with Crippen molar-refractivity contribution in [3.63, 3.8) is 0 Å². The fourth-order valence-electron chi connectivity index (χ4n) is 1.49. The zero-order chi connectivity index (χ0) is 12.4. The van der Waals surface area contributed by atoms with Gasteiger partial charge in [-0.25, -0.2) is 4.39 Å². The van der Waals surface area contributed by atoms with Gasteiger partial charge in [-0.05, 0) is 19.1 Å². The number of hydrogen-bond acceptors (Lipinski definition) is 3. The molecular formula is C12H11FN2O2. The monoisotopic (exact) mass is 234 g/mol. The molecule has 0 aliphatic heterocycles. The second kappa shape index (κ2) is 4.47. The summed E-state index contributed by atoms with van der Waals surface area (Å²) in [6.45, 7) is 1.20. The van der Waals surface area contributed by atoms with Crippen molar-refractivity contribution in [2.24, 2.45) is 0 Å². The molecule has 0 unspecified atom stereocenters. The molecule has 88 valence electrons. The third kappa shape index (κ3) is 2.09. The lowest BCUT2D eigenvalue weighted by molar-refractivity contribution is 0.279. The number of hydrogen-bond donors (Lipinski definition) is 1. The fraction of sp³-hybridized carbons (Fsp3) is 0.167. The first-order chi connectivity index (χ1) is 8.13. The summed E-state index contributed by atoms with van der Waals surface area (Å²) in [6, 6.07) is 4.38. The molecule has 0 radical (unpaired) electrons. The first kappa shape index (κ1) is 11.5. The second-order valence-electron chi connectivity index (χ2n) is 3.63. The van der Waals surface area contributed by atoms with E-state index in [4.69, 9.17) is 5.11 Å². The Hall–Kier alpha value is -2.01. The molecule has 2 aromatic rings. The summed E-state index contributed by atoms with van der Waals surface area (Å²) < 4.78 is 14.6. The van der Waals surface area contributed by atoms with Crippen molar-refractivity contribution < 1.29 is 9.50 Å². The van der Waals surface area contributed by atoms with Crippen LogP contribution in [0.25, 0.3) is 5.69 Å². The maximum Gasteiger partial charge on any atom is 0.260 e. The first-order valence-corrected chi connectivity index (χ1v) is 5.07. The molecule has 17 heavy (non-hydrogen) atoms. The number of rotatable bonds is 2. The van der Waals surface area contributed by atoms with Gasteiger partial charge in [0.05, 0.1) is 24.2 Å². The number of aryl methyl sites for hydroxylation is 1. The highest BCUT2D eigenvalue weighted by Crippen LogP contribution is 2.09. The number of nitrogens with zero attached hydrogens (tertiary/aromatic N) is 2. The molecule has 2 rings (SSSR count). The van der Waals surface area contributed by atoms with E-state index in [0.29, 0.717) is 5.69 Å². The molecule has 0 saturated heterocycles. The van der Waals surface area contributed by atoms with Gasteiger partial charge in [0.25, 0.3) is 5.56 Å². The van der Waals surface area contributed by atoms with Crippen LogP contribution in [0.1, 0.15) is 11.3 Å². The summed E-state index contributed by atoms with van der Waals surface area (Å²) in [5.41, 5.74) is 0.502. The molecule has 0 aromatic carbocycles. The molecule has 0 fully saturated rings. The van der Waals surface area contributed by atoms with Crippen molar-refractivity contribution in [3.05, 3.63) is 58.0 Å². The van der Waals surface area contributed by atoms with Gasteiger partial charge in [-0.1, -0.05) is 0 Å². The lowest BCUT2D eigenvalue weighted by atomic mass is 10.2. The Morgan fingerprint density at radius 1 is 1.53 bits per heavy atom. The predicted octanol–water partition coefficient (Wildman–Crippen LogP) is 1.17. The minimum absolute atomic E-state index is 0.258. The topological polar surface area (TPSA) is 55.1 Å². The van der Waals surface area contributed by atoms with Crippen LogP contribution in [0.15, 0.2) is 35.4 Å². The molecule has 0 saturated carbocycles. The van der Waals surface area contributed by atoms with Crippen molar-refractivity contribution >= 4 is 0 Å². The Kier molecular flexibility index (Phi) is 3.01. The number of pyridine rings is 2. The van der Waals surface area contributed by atoms with Crippen LogP contribution in [-0.4, -0.2) is 14.7 Å². The Bertz CT molecular complexity index is 608.